The quantitative estimate of drug-likeness (QED) is 0.770. The molecule has 1 saturated heterocycles. The third-order valence-corrected chi connectivity index (χ3v) is 3.81. The van der Waals surface area contributed by atoms with E-state index >= 15 is 0 Å². The van der Waals surface area contributed by atoms with Gasteiger partial charge in [-0.3, -0.25) is 0 Å². The lowest BCUT2D eigenvalue weighted by molar-refractivity contribution is 0.152. The molecule has 0 bridgehead atoms. The van der Waals surface area contributed by atoms with Crippen molar-refractivity contribution in [3.63, 3.8) is 0 Å². The smallest absolute Gasteiger partial charge is 0.108 e. The zero-order chi connectivity index (χ0) is 12.7. The summed E-state index contributed by atoms with van der Waals surface area (Å²) in [4.78, 5) is 2.44. The summed E-state index contributed by atoms with van der Waals surface area (Å²) in [7, 11) is 0. The van der Waals surface area contributed by atoms with Crippen LogP contribution in [0.25, 0.3) is 0 Å². The normalized spacial score (nSPS) is 20.4. The topological polar surface area (TPSA) is 39.1 Å². The van der Waals surface area contributed by atoms with E-state index in [-0.39, 0.29) is 6.04 Å². The van der Waals surface area contributed by atoms with Gasteiger partial charge in [-0.05, 0) is 50.7 Å². The molecule has 1 rings (SSSR count). The zero-order valence-corrected chi connectivity index (χ0v) is 11.6. The first-order valence-electron chi connectivity index (χ1n) is 7.02. The van der Waals surface area contributed by atoms with Crippen LogP contribution in [0.2, 0.25) is 0 Å². The van der Waals surface area contributed by atoms with Gasteiger partial charge in [0.2, 0.25) is 0 Å². The van der Waals surface area contributed by atoms with Crippen molar-refractivity contribution >= 4 is 0 Å². The molecule has 0 aromatic rings. The van der Waals surface area contributed by atoms with Gasteiger partial charge >= 0.3 is 0 Å². The predicted octanol–water partition coefficient (Wildman–Crippen LogP) is 2.25. The minimum absolute atomic E-state index is 0.00514. The Morgan fingerprint density at radius 3 is 2.47 bits per heavy atom. The van der Waals surface area contributed by atoms with Crippen molar-refractivity contribution in [1.29, 1.82) is 5.26 Å². The lowest BCUT2D eigenvalue weighted by Crippen LogP contribution is -2.44. The molecule has 0 amide bonds. The van der Waals surface area contributed by atoms with Crippen molar-refractivity contribution in [3.05, 3.63) is 0 Å². The first kappa shape index (κ1) is 14.5. The van der Waals surface area contributed by atoms with Gasteiger partial charge in [0.05, 0.1) is 6.07 Å². The molecule has 0 aliphatic carbocycles. The number of rotatable bonds is 6. The average Bonchev–Trinajstić information content (AvgIpc) is 2.35. The van der Waals surface area contributed by atoms with Crippen LogP contribution in [0, 0.1) is 23.2 Å². The highest BCUT2D eigenvalue weighted by Gasteiger charge is 2.23. The van der Waals surface area contributed by atoms with Crippen LogP contribution in [0.5, 0.6) is 0 Å². The highest BCUT2D eigenvalue weighted by Crippen LogP contribution is 2.24. The molecule has 0 radical (unpaired) electrons. The van der Waals surface area contributed by atoms with E-state index < -0.39 is 0 Å². The average molecular weight is 237 g/mol. The summed E-state index contributed by atoms with van der Waals surface area (Å²) in [6.45, 7) is 10.9. The van der Waals surface area contributed by atoms with Crippen LogP contribution in [0.4, 0.5) is 0 Å². The SMILES string of the molecule is CCCNC(C#N)CN1CCC(C(C)C)CC1. The number of nitrogens with zero attached hydrogens (tertiary/aromatic N) is 2. The number of nitriles is 1. The number of piperidine rings is 1. The van der Waals surface area contributed by atoms with Crippen molar-refractivity contribution < 1.29 is 0 Å². The Bertz CT molecular complexity index is 236. The summed E-state index contributed by atoms with van der Waals surface area (Å²) in [6.07, 6.45) is 3.68. The molecule has 0 spiro atoms. The molecular weight excluding hydrogens is 210 g/mol. The van der Waals surface area contributed by atoms with Crippen LogP contribution in [-0.4, -0.2) is 37.1 Å². The molecule has 98 valence electrons. The summed E-state index contributed by atoms with van der Waals surface area (Å²) in [5, 5.41) is 12.4. The number of hydrogen-bond acceptors (Lipinski definition) is 3. The predicted molar refractivity (Wildman–Crippen MR) is 71.7 cm³/mol. The second-order valence-corrected chi connectivity index (χ2v) is 5.52. The van der Waals surface area contributed by atoms with Crippen LogP contribution in [0.15, 0.2) is 0 Å². The van der Waals surface area contributed by atoms with Gasteiger partial charge in [0, 0.05) is 6.54 Å². The molecule has 3 heteroatoms. The molecule has 0 aromatic carbocycles. The third-order valence-electron chi connectivity index (χ3n) is 3.81. The van der Waals surface area contributed by atoms with Crippen LogP contribution < -0.4 is 5.32 Å². The van der Waals surface area contributed by atoms with Crippen LogP contribution in [0.3, 0.4) is 0 Å². The van der Waals surface area contributed by atoms with E-state index in [1.165, 1.54) is 12.8 Å². The van der Waals surface area contributed by atoms with Crippen molar-refractivity contribution in [2.45, 2.75) is 46.1 Å². The van der Waals surface area contributed by atoms with E-state index in [2.05, 4.69) is 37.1 Å². The molecule has 1 aliphatic heterocycles. The molecule has 3 nitrogen and oxygen atoms in total. The van der Waals surface area contributed by atoms with Crippen molar-refractivity contribution in [1.82, 2.24) is 10.2 Å². The largest absolute Gasteiger partial charge is 0.301 e. The van der Waals surface area contributed by atoms with Crippen molar-refractivity contribution in [2.75, 3.05) is 26.2 Å². The van der Waals surface area contributed by atoms with Gasteiger partial charge in [0.15, 0.2) is 0 Å². The molecule has 0 saturated carbocycles. The van der Waals surface area contributed by atoms with Crippen LogP contribution in [0.1, 0.15) is 40.0 Å². The Hall–Kier alpha value is -0.590. The van der Waals surface area contributed by atoms with Crippen LogP contribution >= 0.6 is 0 Å². The number of hydrogen-bond donors (Lipinski definition) is 1. The highest BCUT2D eigenvalue weighted by atomic mass is 15.2. The van der Waals surface area contributed by atoms with Gasteiger partial charge in [-0.2, -0.15) is 5.26 Å². The molecule has 1 fully saturated rings. The van der Waals surface area contributed by atoms with Crippen molar-refractivity contribution in [3.8, 4) is 6.07 Å². The molecule has 1 atom stereocenters. The van der Waals surface area contributed by atoms with E-state index in [0.29, 0.717) is 0 Å². The minimum atomic E-state index is 0.00514. The highest BCUT2D eigenvalue weighted by molar-refractivity contribution is 4.92. The maximum absolute atomic E-state index is 9.08. The van der Waals surface area contributed by atoms with Crippen molar-refractivity contribution in [2.24, 2.45) is 11.8 Å². The number of likely N-dealkylation sites (tertiary alicyclic amines) is 1. The van der Waals surface area contributed by atoms with Crippen LogP contribution in [-0.2, 0) is 0 Å². The summed E-state index contributed by atoms with van der Waals surface area (Å²) < 4.78 is 0. The van der Waals surface area contributed by atoms with Gasteiger partial charge in [0.25, 0.3) is 0 Å². The van der Waals surface area contributed by atoms with Gasteiger partial charge in [0.1, 0.15) is 6.04 Å². The summed E-state index contributed by atoms with van der Waals surface area (Å²) in [5.74, 6) is 1.69. The zero-order valence-electron chi connectivity index (χ0n) is 11.6. The molecular formula is C14H27N3. The van der Waals surface area contributed by atoms with E-state index in [0.717, 1.165) is 44.4 Å². The maximum atomic E-state index is 9.08. The summed E-state index contributed by atoms with van der Waals surface area (Å²) in [5.41, 5.74) is 0. The third kappa shape index (κ3) is 5.06. The van der Waals surface area contributed by atoms with E-state index in [9.17, 15) is 0 Å². The monoisotopic (exact) mass is 237 g/mol. The Morgan fingerprint density at radius 2 is 2.00 bits per heavy atom. The first-order chi connectivity index (χ1) is 8.17. The second kappa shape index (κ2) is 7.68. The molecule has 1 heterocycles. The van der Waals surface area contributed by atoms with E-state index in [1.807, 2.05) is 0 Å². The Kier molecular flexibility index (Phi) is 6.54. The van der Waals surface area contributed by atoms with Gasteiger partial charge in [-0.15, -0.1) is 0 Å². The summed E-state index contributed by atoms with van der Waals surface area (Å²) in [6, 6.07) is 2.37. The molecule has 1 unspecified atom stereocenters. The molecule has 1 N–H and O–H groups in total. The minimum Gasteiger partial charge on any atom is -0.301 e. The lowest BCUT2D eigenvalue weighted by Gasteiger charge is -2.34. The van der Waals surface area contributed by atoms with Gasteiger partial charge < -0.3 is 10.2 Å². The molecule has 0 aromatic heterocycles. The van der Waals surface area contributed by atoms with E-state index in [4.69, 9.17) is 5.26 Å². The lowest BCUT2D eigenvalue weighted by atomic mass is 9.86. The maximum Gasteiger partial charge on any atom is 0.108 e. The summed E-state index contributed by atoms with van der Waals surface area (Å²) >= 11 is 0. The van der Waals surface area contributed by atoms with E-state index in [1.54, 1.807) is 0 Å². The molecule has 17 heavy (non-hydrogen) atoms. The fraction of sp³-hybridized carbons (Fsp3) is 0.929. The Morgan fingerprint density at radius 1 is 1.35 bits per heavy atom. The van der Waals surface area contributed by atoms with Gasteiger partial charge in [-0.1, -0.05) is 20.8 Å². The number of nitrogens with one attached hydrogen (secondary N) is 1. The fourth-order valence-corrected chi connectivity index (χ4v) is 2.53. The Balaban J connectivity index is 2.27. The second-order valence-electron chi connectivity index (χ2n) is 5.52. The first-order valence-corrected chi connectivity index (χ1v) is 7.02. The fourth-order valence-electron chi connectivity index (χ4n) is 2.53. The Labute approximate surface area is 106 Å². The standard InChI is InChI=1S/C14H27N3/c1-4-7-16-14(10-15)11-17-8-5-13(6-9-17)12(2)3/h12-14,16H,4-9,11H2,1-3H3. The molecule has 1 aliphatic rings. The van der Waals surface area contributed by atoms with Gasteiger partial charge in [-0.25, -0.2) is 0 Å².